The van der Waals surface area contributed by atoms with Crippen LogP contribution in [0.3, 0.4) is 0 Å². The Morgan fingerprint density at radius 1 is 1.18 bits per heavy atom. The molecule has 28 heavy (non-hydrogen) atoms. The Morgan fingerprint density at radius 2 is 1.93 bits per heavy atom. The molecule has 1 heterocycles. The van der Waals surface area contributed by atoms with Crippen LogP contribution in [0.4, 0.5) is 11.4 Å². The molecule has 1 unspecified atom stereocenters. The quantitative estimate of drug-likeness (QED) is 0.691. The van der Waals surface area contributed by atoms with Gasteiger partial charge in [0.2, 0.25) is 15.9 Å². The van der Waals surface area contributed by atoms with Crippen molar-refractivity contribution < 1.29 is 18.0 Å². The molecule has 3 N–H and O–H groups in total. The van der Waals surface area contributed by atoms with Crippen LogP contribution in [0.15, 0.2) is 52.3 Å². The highest BCUT2D eigenvalue weighted by atomic mass is 32.2. The van der Waals surface area contributed by atoms with E-state index in [2.05, 4.69) is 15.4 Å². The second-order valence-electron chi connectivity index (χ2n) is 6.72. The zero-order valence-electron chi connectivity index (χ0n) is 15.6. The van der Waals surface area contributed by atoms with Gasteiger partial charge < -0.3 is 10.6 Å². The fraction of sp³-hybridized carbons (Fsp3) is 0.263. The van der Waals surface area contributed by atoms with Gasteiger partial charge in [0.25, 0.3) is 5.91 Å². The van der Waals surface area contributed by atoms with Crippen molar-refractivity contribution in [2.75, 3.05) is 10.6 Å². The van der Waals surface area contributed by atoms with Crippen LogP contribution >= 0.6 is 11.8 Å². The number of nitrogens with one attached hydrogen (secondary N) is 3. The zero-order valence-corrected chi connectivity index (χ0v) is 17.3. The van der Waals surface area contributed by atoms with E-state index in [1.165, 1.54) is 23.9 Å². The van der Waals surface area contributed by atoms with Crippen molar-refractivity contribution in [1.29, 1.82) is 0 Å². The van der Waals surface area contributed by atoms with Gasteiger partial charge in [-0.3, -0.25) is 9.59 Å². The number of amides is 2. The number of anilines is 2. The first kappa shape index (κ1) is 20.4. The van der Waals surface area contributed by atoms with Gasteiger partial charge in [0.05, 0.1) is 15.8 Å². The lowest BCUT2D eigenvalue weighted by Gasteiger charge is -2.21. The van der Waals surface area contributed by atoms with Crippen LogP contribution in [0.25, 0.3) is 0 Å². The number of rotatable bonds is 5. The molecular weight excluding hydrogens is 398 g/mol. The molecular formula is C19H21N3O4S2. The Bertz CT molecular complexity index is 1040. The molecule has 2 aromatic rings. The van der Waals surface area contributed by atoms with Gasteiger partial charge in [-0.1, -0.05) is 6.07 Å². The molecule has 148 valence electrons. The molecule has 0 saturated carbocycles. The number of benzene rings is 2. The molecule has 0 aliphatic carbocycles. The predicted octanol–water partition coefficient (Wildman–Crippen LogP) is 3.06. The average Bonchev–Trinajstić information content (AvgIpc) is 2.61. The Hall–Kier alpha value is -2.36. The molecule has 0 fully saturated rings. The number of hydrogen-bond donors (Lipinski definition) is 3. The third kappa shape index (κ3) is 4.54. The minimum Gasteiger partial charge on any atom is -0.324 e. The largest absolute Gasteiger partial charge is 0.324 e. The first-order chi connectivity index (χ1) is 13.2. The average molecular weight is 420 g/mol. The summed E-state index contributed by atoms with van der Waals surface area (Å²) in [5.41, 5.74) is 1.32. The maximum absolute atomic E-state index is 12.6. The summed E-state index contributed by atoms with van der Waals surface area (Å²) in [6.07, 6.45) is 0. The molecule has 0 radical (unpaired) electrons. The van der Waals surface area contributed by atoms with Gasteiger partial charge in [-0.05, 0) is 57.2 Å². The summed E-state index contributed by atoms with van der Waals surface area (Å²) in [6, 6.07) is 10.9. The molecule has 9 heteroatoms. The van der Waals surface area contributed by atoms with E-state index < -0.39 is 15.9 Å². The summed E-state index contributed by atoms with van der Waals surface area (Å²) in [4.78, 5) is 25.4. The van der Waals surface area contributed by atoms with Gasteiger partial charge in [0, 0.05) is 22.2 Å². The van der Waals surface area contributed by atoms with Crippen molar-refractivity contribution in [3.8, 4) is 0 Å². The van der Waals surface area contributed by atoms with Gasteiger partial charge >= 0.3 is 0 Å². The first-order valence-electron chi connectivity index (χ1n) is 8.71. The molecule has 3 rings (SSSR count). The zero-order chi connectivity index (χ0) is 20.5. The topological polar surface area (TPSA) is 104 Å². The van der Waals surface area contributed by atoms with E-state index in [1.807, 2.05) is 6.92 Å². The lowest BCUT2D eigenvalue weighted by Crippen LogP contribution is -2.30. The van der Waals surface area contributed by atoms with E-state index in [-0.39, 0.29) is 22.1 Å². The molecule has 7 nitrogen and oxygen atoms in total. The minimum atomic E-state index is -3.66. The van der Waals surface area contributed by atoms with Crippen molar-refractivity contribution >= 4 is 45.0 Å². The van der Waals surface area contributed by atoms with E-state index in [0.717, 1.165) is 4.90 Å². The first-order valence-corrected chi connectivity index (χ1v) is 11.1. The molecule has 1 aliphatic heterocycles. The van der Waals surface area contributed by atoms with Crippen LogP contribution in [-0.2, 0) is 14.8 Å². The van der Waals surface area contributed by atoms with E-state index in [1.54, 1.807) is 44.2 Å². The predicted molar refractivity (Wildman–Crippen MR) is 110 cm³/mol. The molecule has 0 spiro atoms. The highest BCUT2D eigenvalue weighted by molar-refractivity contribution is 8.01. The Morgan fingerprint density at radius 3 is 2.64 bits per heavy atom. The smallest absolute Gasteiger partial charge is 0.255 e. The van der Waals surface area contributed by atoms with Crippen molar-refractivity contribution in [2.45, 2.75) is 41.9 Å². The van der Waals surface area contributed by atoms with Gasteiger partial charge in [-0.15, -0.1) is 11.8 Å². The van der Waals surface area contributed by atoms with Crippen LogP contribution in [0.2, 0.25) is 0 Å². The molecule has 2 amide bonds. The molecule has 0 aromatic heterocycles. The van der Waals surface area contributed by atoms with Crippen LogP contribution in [0.1, 0.15) is 31.1 Å². The second-order valence-corrected chi connectivity index (χ2v) is 9.81. The lowest BCUT2D eigenvalue weighted by atomic mass is 10.1. The standard InChI is InChI=1S/C19H21N3O4S2/c1-11(2)22-28(25,26)15-6-4-5-14(10-15)20-19(24)13-7-8-17-16(9-13)21-18(23)12(3)27-17/h4-12,22H,1-3H3,(H,20,24)(H,21,23). The summed E-state index contributed by atoms with van der Waals surface area (Å²) in [5.74, 6) is -0.502. The number of thioether (sulfide) groups is 1. The number of carbonyl (C=O) groups is 2. The van der Waals surface area contributed by atoms with E-state index in [0.29, 0.717) is 16.9 Å². The van der Waals surface area contributed by atoms with Gasteiger partial charge in [-0.25, -0.2) is 13.1 Å². The summed E-state index contributed by atoms with van der Waals surface area (Å²) >= 11 is 1.44. The second kappa shape index (κ2) is 7.94. The van der Waals surface area contributed by atoms with Crippen molar-refractivity contribution in [3.63, 3.8) is 0 Å². The SMILES string of the molecule is CC(C)NS(=O)(=O)c1cccc(NC(=O)c2ccc3c(c2)NC(=O)C(C)S3)c1. The van der Waals surface area contributed by atoms with Gasteiger partial charge in [0.1, 0.15) is 0 Å². The normalized spacial score (nSPS) is 16.4. The molecule has 0 saturated heterocycles. The van der Waals surface area contributed by atoms with Crippen molar-refractivity contribution in [1.82, 2.24) is 4.72 Å². The van der Waals surface area contributed by atoms with Crippen LogP contribution < -0.4 is 15.4 Å². The fourth-order valence-corrected chi connectivity index (χ4v) is 4.90. The maximum Gasteiger partial charge on any atom is 0.255 e. The molecule has 1 atom stereocenters. The van der Waals surface area contributed by atoms with Gasteiger partial charge in [-0.2, -0.15) is 0 Å². The van der Waals surface area contributed by atoms with E-state index >= 15 is 0 Å². The molecule has 0 bridgehead atoms. The highest BCUT2D eigenvalue weighted by Crippen LogP contribution is 2.36. The summed E-state index contributed by atoms with van der Waals surface area (Å²) in [6.45, 7) is 5.28. The number of hydrogen-bond acceptors (Lipinski definition) is 5. The summed E-state index contributed by atoms with van der Waals surface area (Å²) in [5, 5.41) is 5.30. The Kier molecular flexibility index (Phi) is 5.78. The number of sulfonamides is 1. The maximum atomic E-state index is 12.6. The third-order valence-corrected chi connectivity index (χ3v) is 6.80. The Balaban J connectivity index is 1.80. The van der Waals surface area contributed by atoms with Crippen molar-refractivity contribution in [3.05, 3.63) is 48.0 Å². The van der Waals surface area contributed by atoms with Crippen molar-refractivity contribution in [2.24, 2.45) is 0 Å². The number of carbonyl (C=O) groups excluding carboxylic acids is 2. The van der Waals surface area contributed by atoms with Crippen LogP contribution in [-0.4, -0.2) is 31.5 Å². The van der Waals surface area contributed by atoms with Gasteiger partial charge in [0.15, 0.2) is 0 Å². The van der Waals surface area contributed by atoms with Crippen LogP contribution in [0.5, 0.6) is 0 Å². The van der Waals surface area contributed by atoms with E-state index in [4.69, 9.17) is 0 Å². The fourth-order valence-electron chi connectivity index (χ4n) is 2.67. The summed E-state index contributed by atoms with van der Waals surface area (Å²) in [7, 11) is -3.66. The third-order valence-electron chi connectivity index (χ3n) is 3.97. The monoisotopic (exact) mass is 419 g/mol. The summed E-state index contributed by atoms with van der Waals surface area (Å²) < 4.78 is 27.1. The lowest BCUT2D eigenvalue weighted by molar-refractivity contribution is -0.115. The minimum absolute atomic E-state index is 0.0714. The molecule has 1 aliphatic rings. The highest BCUT2D eigenvalue weighted by Gasteiger charge is 2.24. The van der Waals surface area contributed by atoms with E-state index in [9.17, 15) is 18.0 Å². The molecule has 2 aromatic carbocycles. The Labute approximate surface area is 168 Å². The van der Waals surface area contributed by atoms with Crippen LogP contribution in [0, 0.1) is 0 Å². The number of fused-ring (bicyclic) bond motifs is 1.